The van der Waals surface area contributed by atoms with Gasteiger partial charge >= 0.3 is 0 Å². The van der Waals surface area contributed by atoms with Crippen molar-refractivity contribution < 1.29 is 8.42 Å². The number of nitrogens with zero attached hydrogens (tertiary/aromatic N) is 3. The van der Waals surface area contributed by atoms with Crippen molar-refractivity contribution >= 4 is 20.9 Å². The molecular formula is C21H20N4O2S. The number of hydrogen-bond donors (Lipinski definition) is 1. The second kappa shape index (κ2) is 6.43. The van der Waals surface area contributed by atoms with Gasteiger partial charge in [-0.25, -0.2) is 13.1 Å². The smallest absolute Gasteiger partial charge is 0.214 e. The molecule has 6 nitrogen and oxygen atoms in total. The van der Waals surface area contributed by atoms with Crippen molar-refractivity contribution in [1.29, 1.82) is 5.26 Å². The molecule has 1 N–H and O–H groups in total. The van der Waals surface area contributed by atoms with Crippen molar-refractivity contribution in [3.63, 3.8) is 0 Å². The fourth-order valence-electron chi connectivity index (χ4n) is 4.18. The maximum atomic E-state index is 12.4. The Morgan fingerprint density at radius 1 is 1.21 bits per heavy atom. The number of nitrogens with one attached hydrogen (secondary N) is 1. The number of aromatic nitrogens is 2. The lowest BCUT2D eigenvalue weighted by atomic mass is 10.1. The minimum atomic E-state index is -3.23. The van der Waals surface area contributed by atoms with Gasteiger partial charge in [0.05, 0.1) is 29.1 Å². The van der Waals surface area contributed by atoms with Crippen molar-refractivity contribution in [3.05, 3.63) is 65.1 Å². The average molecular weight is 392 g/mol. The Morgan fingerprint density at radius 3 is 2.79 bits per heavy atom. The first-order chi connectivity index (χ1) is 13.5. The van der Waals surface area contributed by atoms with Crippen molar-refractivity contribution in [2.24, 2.45) is 0 Å². The second-order valence-corrected chi connectivity index (χ2v) is 9.64. The lowest BCUT2D eigenvalue weighted by Gasteiger charge is -2.14. The first-order valence-electron chi connectivity index (χ1n) is 9.50. The Kier molecular flexibility index (Phi) is 4.00. The molecule has 28 heavy (non-hydrogen) atoms. The van der Waals surface area contributed by atoms with Crippen LogP contribution in [0.25, 0.3) is 10.9 Å². The molecule has 0 radical (unpaired) electrons. The fourth-order valence-corrected chi connectivity index (χ4v) is 5.76. The zero-order valence-corrected chi connectivity index (χ0v) is 16.1. The van der Waals surface area contributed by atoms with Crippen LogP contribution in [0.1, 0.15) is 35.4 Å². The lowest BCUT2D eigenvalue weighted by Crippen LogP contribution is -2.37. The maximum absolute atomic E-state index is 12.4. The van der Waals surface area contributed by atoms with E-state index < -0.39 is 10.0 Å². The van der Waals surface area contributed by atoms with Gasteiger partial charge in [-0.2, -0.15) is 5.26 Å². The van der Waals surface area contributed by atoms with E-state index in [1.165, 1.54) is 0 Å². The molecule has 1 aromatic carbocycles. The van der Waals surface area contributed by atoms with Crippen molar-refractivity contribution in [3.8, 4) is 6.07 Å². The third-order valence-electron chi connectivity index (χ3n) is 5.65. The molecule has 2 aliphatic carbocycles. The van der Waals surface area contributed by atoms with E-state index in [4.69, 9.17) is 0 Å². The number of benzene rings is 1. The van der Waals surface area contributed by atoms with Crippen LogP contribution in [-0.2, 0) is 29.4 Å². The number of sulfonamides is 1. The summed E-state index contributed by atoms with van der Waals surface area (Å²) in [5, 5.41) is 10.1. The Bertz CT molecular complexity index is 1200. The van der Waals surface area contributed by atoms with Crippen molar-refractivity contribution in [1.82, 2.24) is 14.3 Å². The van der Waals surface area contributed by atoms with E-state index >= 15 is 0 Å². The summed E-state index contributed by atoms with van der Waals surface area (Å²) in [6.07, 6.45) is 4.61. The number of fused-ring (bicyclic) bond motifs is 3. The molecule has 2 aromatic heterocycles. The molecule has 0 bridgehead atoms. The van der Waals surface area contributed by atoms with Crippen LogP contribution < -0.4 is 4.72 Å². The summed E-state index contributed by atoms with van der Waals surface area (Å²) in [5.74, 6) is 0. The van der Waals surface area contributed by atoms with E-state index in [2.05, 4.69) is 20.3 Å². The van der Waals surface area contributed by atoms with Gasteiger partial charge in [-0.3, -0.25) is 4.98 Å². The van der Waals surface area contributed by atoms with Crippen molar-refractivity contribution in [2.45, 2.75) is 43.5 Å². The predicted octanol–water partition coefficient (Wildman–Crippen LogP) is 2.51. The maximum Gasteiger partial charge on any atom is 0.214 e. The highest BCUT2D eigenvalue weighted by Crippen LogP contribution is 2.35. The highest BCUT2D eigenvalue weighted by Gasteiger charge is 2.39. The van der Waals surface area contributed by atoms with Gasteiger partial charge in [-0.15, -0.1) is 0 Å². The van der Waals surface area contributed by atoms with E-state index in [0.717, 1.165) is 40.7 Å². The van der Waals surface area contributed by atoms with Gasteiger partial charge in [-0.1, -0.05) is 6.07 Å². The second-order valence-electron chi connectivity index (χ2n) is 7.64. The van der Waals surface area contributed by atoms with Gasteiger partial charge in [0.25, 0.3) is 0 Å². The number of nitriles is 1. The first-order valence-corrected chi connectivity index (χ1v) is 11.0. The lowest BCUT2D eigenvalue weighted by molar-refractivity contribution is 0.551. The predicted molar refractivity (Wildman–Crippen MR) is 106 cm³/mol. The molecular weight excluding hydrogens is 372 g/mol. The van der Waals surface area contributed by atoms with Crippen LogP contribution in [0.3, 0.4) is 0 Å². The van der Waals surface area contributed by atoms with Gasteiger partial charge in [0.2, 0.25) is 10.0 Å². The molecule has 1 fully saturated rings. The van der Waals surface area contributed by atoms with Crippen LogP contribution in [-0.4, -0.2) is 29.3 Å². The molecule has 142 valence electrons. The molecule has 1 atom stereocenters. The topological polar surface area (TPSA) is 87.8 Å². The van der Waals surface area contributed by atoms with Gasteiger partial charge in [0.1, 0.15) is 0 Å². The van der Waals surface area contributed by atoms with E-state index in [9.17, 15) is 13.7 Å². The number of pyridine rings is 1. The van der Waals surface area contributed by atoms with Gasteiger partial charge in [0, 0.05) is 35.3 Å². The zero-order chi connectivity index (χ0) is 19.3. The number of rotatable bonds is 5. The Hall–Kier alpha value is -2.69. The summed E-state index contributed by atoms with van der Waals surface area (Å²) in [5.41, 5.74) is 4.92. The Labute approximate surface area is 163 Å². The molecule has 0 saturated heterocycles. The first kappa shape index (κ1) is 17.4. The monoisotopic (exact) mass is 392 g/mol. The van der Waals surface area contributed by atoms with Crippen LogP contribution in [0.2, 0.25) is 0 Å². The van der Waals surface area contributed by atoms with E-state index in [0.29, 0.717) is 24.9 Å². The molecule has 2 heterocycles. The molecule has 7 heteroatoms. The summed E-state index contributed by atoms with van der Waals surface area (Å²) in [6.45, 7) is 0.626. The largest absolute Gasteiger partial charge is 0.338 e. The van der Waals surface area contributed by atoms with Gasteiger partial charge < -0.3 is 4.57 Å². The van der Waals surface area contributed by atoms with Gasteiger partial charge in [-0.05, 0) is 55.2 Å². The summed E-state index contributed by atoms with van der Waals surface area (Å²) >= 11 is 0. The molecule has 2 aliphatic rings. The van der Waals surface area contributed by atoms with Crippen LogP contribution in [0.5, 0.6) is 0 Å². The molecule has 0 amide bonds. The third-order valence-corrected chi connectivity index (χ3v) is 7.66. The highest BCUT2D eigenvalue weighted by molar-refractivity contribution is 7.90. The average Bonchev–Trinajstić information content (AvgIpc) is 3.44. The normalized spacial score (nSPS) is 18.9. The van der Waals surface area contributed by atoms with Crippen LogP contribution in [0.15, 0.2) is 42.6 Å². The highest BCUT2D eigenvalue weighted by atomic mass is 32.2. The molecule has 0 aliphatic heterocycles. The molecule has 0 spiro atoms. The summed E-state index contributed by atoms with van der Waals surface area (Å²) in [7, 11) is -3.23. The fraction of sp³-hybridized carbons (Fsp3) is 0.333. The Balaban J connectivity index is 1.55. The van der Waals surface area contributed by atoms with Crippen molar-refractivity contribution in [2.75, 3.05) is 0 Å². The molecule has 0 unspecified atom stereocenters. The van der Waals surface area contributed by atoms with Crippen LogP contribution in [0, 0.1) is 11.3 Å². The quantitative estimate of drug-likeness (QED) is 0.723. The van der Waals surface area contributed by atoms with Gasteiger partial charge in [0.15, 0.2) is 0 Å². The van der Waals surface area contributed by atoms with E-state index in [-0.39, 0.29) is 11.3 Å². The minimum absolute atomic E-state index is 0.124. The zero-order valence-electron chi connectivity index (χ0n) is 15.3. The number of hydrogen-bond acceptors (Lipinski definition) is 4. The third kappa shape index (κ3) is 2.99. The van der Waals surface area contributed by atoms with Crippen LogP contribution >= 0.6 is 0 Å². The minimum Gasteiger partial charge on any atom is -0.338 e. The SMILES string of the molecule is N#Cc1ccc2c(c1)c1c(n2Cc2ccccn2)C[C@H](NS(=O)(=O)C2CC2)C1. The van der Waals surface area contributed by atoms with E-state index in [1.807, 2.05) is 36.4 Å². The summed E-state index contributed by atoms with van der Waals surface area (Å²) in [4.78, 5) is 4.44. The summed E-state index contributed by atoms with van der Waals surface area (Å²) in [6, 6.07) is 13.7. The molecule has 5 rings (SSSR count). The Morgan fingerprint density at radius 2 is 2.07 bits per heavy atom. The standard InChI is InChI=1S/C21H20N4O2S/c22-12-14-4-7-20-18(9-14)19-10-16(24-28(26,27)17-5-6-17)11-21(19)25(20)13-15-3-1-2-8-23-15/h1-4,7-9,16-17,24H,5-6,10-11,13H2/t16-/m1/s1. The molecule has 3 aromatic rings. The van der Waals surface area contributed by atoms with Crippen LogP contribution in [0.4, 0.5) is 0 Å². The van der Waals surface area contributed by atoms with E-state index in [1.54, 1.807) is 6.20 Å². The molecule has 1 saturated carbocycles. The summed E-state index contributed by atoms with van der Waals surface area (Å²) < 4.78 is 29.9.